The van der Waals surface area contributed by atoms with Crippen LogP contribution in [0.2, 0.25) is 5.02 Å². The summed E-state index contributed by atoms with van der Waals surface area (Å²) in [7, 11) is 5.78. The molecule has 0 aliphatic carbocycles. The summed E-state index contributed by atoms with van der Waals surface area (Å²) in [6.45, 7) is 0.921. The van der Waals surface area contributed by atoms with Crippen molar-refractivity contribution in [3.05, 3.63) is 47.0 Å². The van der Waals surface area contributed by atoms with Crippen LogP contribution in [0.4, 0.5) is 0 Å². The molecular weight excluding hydrogens is 322 g/mol. The Morgan fingerprint density at radius 1 is 1.12 bits per heavy atom. The number of pyridine rings is 1. The van der Waals surface area contributed by atoms with Gasteiger partial charge in [0.25, 0.3) is 0 Å². The van der Waals surface area contributed by atoms with Gasteiger partial charge in [0.1, 0.15) is 5.75 Å². The lowest BCUT2D eigenvalue weighted by Crippen LogP contribution is -2.20. The van der Waals surface area contributed by atoms with Gasteiger partial charge in [-0.05, 0) is 63.0 Å². The second kappa shape index (κ2) is 6.93. The van der Waals surface area contributed by atoms with Gasteiger partial charge in [0, 0.05) is 21.8 Å². The maximum absolute atomic E-state index is 6.58. The first-order valence-electron chi connectivity index (χ1n) is 7.97. The van der Waals surface area contributed by atoms with E-state index in [2.05, 4.69) is 19.0 Å². The Morgan fingerprint density at radius 2 is 1.92 bits per heavy atom. The Morgan fingerprint density at radius 3 is 2.62 bits per heavy atom. The number of hydrogen-bond donors (Lipinski definition) is 1. The number of benzene rings is 2. The lowest BCUT2D eigenvalue weighted by molar-refractivity contribution is 0.383. The number of aromatic nitrogens is 1. The zero-order valence-electron chi connectivity index (χ0n) is 14.2. The third-order valence-electron chi connectivity index (χ3n) is 4.24. The van der Waals surface area contributed by atoms with E-state index < -0.39 is 0 Å². The Bertz CT molecular complexity index is 879. The number of ether oxygens (including phenoxy) is 1. The summed E-state index contributed by atoms with van der Waals surface area (Å²) in [5, 5.41) is 2.76. The highest BCUT2D eigenvalue weighted by molar-refractivity contribution is 6.31. The highest BCUT2D eigenvalue weighted by Gasteiger charge is 2.16. The van der Waals surface area contributed by atoms with Crippen LogP contribution in [-0.4, -0.2) is 37.6 Å². The van der Waals surface area contributed by atoms with E-state index in [0.29, 0.717) is 5.02 Å². The minimum absolute atomic E-state index is 0.0892. The summed E-state index contributed by atoms with van der Waals surface area (Å²) in [5.41, 5.74) is 9.46. The Kier molecular flexibility index (Phi) is 4.90. The van der Waals surface area contributed by atoms with Crippen LogP contribution >= 0.6 is 11.6 Å². The molecule has 2 aromatic carbocycles. The fraction of sp³-hybridized carbons (Fsp3) is 0.316. The largest absolute Gasteiger partial charge is 0.497 e. The van der Waals surface area contributed by atoms with E-state index in [4.69, 9.17) is 27.1 Å². The van der Waals surface area contributed by atoms with Crippen LogP contribution in [0.5, 0.6) is 5.75 Å². The molecule has 0 bridgehead atoms. The van der Waals surface area contributed by atoms with Crippen molar-refractivity contribution < 1.29 is 4.74 Å². The van der Waals surface area contributed by atoms with Gasteiger partial charge < -0.3 is 15.4 Å². The molecule has 5 heteroatoms. The zero-order chi connectivity index (χ0) is 17.3. The highest BCUT2D eigenvalue weighted by Crippen LogP contribution is 2.34. The van der Waals surface area contributed by atoms with E-state index in [1.165, 1.54) is 0 Å². The smallest absolute Gasteiger partial charge is 0.119 e. The molecule has 0 aliphatic rings. The van der Waals surface area contributed by atoms with Gasteiger partial charge in [-0.3, -0.25) is 0 Å². The molecule has 0 saturated heterocycles. The van der Waals surface area contributed by atoms with Crippen molar-refractivity contribution in [2.45, 2.75) is 12.5 Å². The number of nitrogens with two attached hydrogens (primary N) is 1. The van der Waals surface area contributed by atoms with Crippen LogP contribution in [0.15, 0.2) is 36.4 Å². The summed E-state index contributed by atoms with van der Waals surface area (Å²) >= 11 is 6.15. The van der Waals surface area contributed by atoms with Gasteiger partial charge in [0.15, 0.2) is 0 Å². The Balaban J connectivity index is 2.25. The van der Waals surface area contributed by atoms with Crippen LogP contribution in [0.3, 0.4) is 0 Å². The summed E-state index contributed by atoms with van der Waals surface area (Å²) in [4.78, 5) is 6.89. The fourth-order valence-electron chi connectivity index (χ4n) is 3.00. The van der Waals surface area contributed by atoms with Crippen molar-refractivity contribution in [3.63, 3.8) is 0 Å². The second-order valence-corrected chi connectivity index (χ2v) is 6.70. The van der Waals surface area contributed by atoms with Crippen molar-refractivity contribution >= 4 is 33.4 Å². The molecule has 0 saturated carbocycles. The predicted octanol–water partition coefficient (Wildman–Crippen LogP) is 4.00. The van der Waals surface area contributed by atoms with Gasteiger partial charge >= 0.3 is 0 Å². The SMILES string of the molecule is COc1ccc2nc3cc(Cl)ccc3c(C(N)CCN(C)C)c2c1. The molecule has 4 nitrogen and oxygen atoms in total. The van der Waals surface area contributed by atoms with Crippen LogP contribution in [0.25, 0.3) is 21.8 Å². The van der Waals surface area contributed by atoms with Gasteiger partial charge in [-0.1, -0.05) is 17.7 Å². The second-order valence-electron chi connectivity index (χ2n) is 6.27. The van der Waals surface area contributed by atoms with Crippen molar-refractivity contribution in [1.82, 2.24) is 9.88 Å². The summed E-state index contributed by atoms with van der Waals surface area (Å²) in [6, 6.07) is 11.6. The molecule has 1 aromatic heterocycles. The van der Waals surface area contributed by atoms with E-state index >= 15 is 0 Å². The van der Waals surface area contributed by atoms with Gasteiger partial charge in [0.05, 0.1) is 18.1 Å². The molecule has 2 N–H and O–H groups in total. The average molecular weight is 344 g/mol. The molecule has 1 heterocycles. The maximum atomic E-state index is 6.58. The number of nitrogens with zero attached hydrogens (tertiary/aromatic N) is 2. The third kappa shape index (κ3) is 3.31. The molecule has 0 amide bonds. The minimum atomic E-state index is -0.0892. The van der Waals surface area contributed by atoms with Crippen LogP contribution in [-0.2, 0) is 0 Å². The van der Waals surface area contributed by atoms with Crippen molar-refractivity contribution in [2.24, 2.45) is 5.73 Å². The molecule has 1 atom stereocenters. The normalized spacial score (nSPS) is 12.9. The van der Waals surface area contributed by atoms with E-state index in [0.717, 1.165) is 46.1 Å². The van der Waals surface area contributed by atoms with E-state index in [-0.39, 0.29) is 6.04 Å². The number of hydrogen-bond acceptors (Lipinski definition) is 4. The molecule has 0 fully saturated rings. The number of fused-ring (bicyclic) bond motifs is 2. The molecule has 3 rings (SSSR count). The topological polar surface area (TPSA) is 51.4 Å². The van der Waals surface area contributed by atoms with Crippen molar-refractivity contribution in [2.75, 3.05) is 27.7 Å². The van der Waals surface area contributed by atoms with Gasteiger partial charge in [0.2, 0.25) is 0 Å². The van der Waals surface area contributed by atoms with Gasteiger partial charge in [-0.15, -0.1) is 0 Å². The van der Waals surface area contributed by atoms with Crippen molar-refractivity contribution in [3.8, 4) is 5.75 Å². The Labute approximate surface area is 147 Å². The van der Waals surface area contributed by atoms with E-state index in [9.17, 15) is 0 Å². The predicted molar refractivity (Wildman–Crippen MR) is 101 cm³/mol. The van der Waals surface area contributed by atoms with Gasteiger partial charge in [-0.2, -0.15) is 0 Å². The standard InChI is InChI=1S/C19H22ClN3O/c1-23(2)9-8-16(21)19-14-6-4-12(20)10-18(14)22-17-7-5-13(24-3)11-15(17)19/h4-7,10-11,16H,8-9,21H2,1-3H3. The molecule has 0 aliphatic heterocycles. The van der Waals surface area contributed by atoms with E-state index in [1.54, 1.807) is 7.11 Å². The zero-order valence-corrected chi connectivity index (χ0v) is 15.0. The van der Waals surface area contributed by atoms with Crippen LogP contribution < -0.4 is 10.5 Å². The maximum Gasteiger partial charge on any atom is 0.119 e. The number of halogens is 1. The van der Waals surface area contributed by atoms with Crippen molar-refractivity contribution in [1.29, 1.82) is 0 Å². The summed E-state index contributed by atoms with van der Waals surface area (Å²) < 4.78 is 5.39. The minimum Gasteiger partial charge on any atom is -0.497 e. The number of methoxy groups -OCH3 is 1. The first-order valence-corrected chi connectivity index (χ1v) is 8.34. The highest BCUT2D eigenvalue weighted by atomic mass is 35.5. The van der Waals surface area contributed by atoms with Gasteiger partial charge in [-0.25, -0.2) is 4.98 Å². The fourth-order valence-corrected chi connectivity index (χ4v) is 3.16. The van der Waals surface area contributed by atoms with Crippen LogP contribution in [0.1, 0.15) is 18.0 Å². The molecule has 0 radical (unpaired) electrons. The summed E-state index contributed by atoms with van der Waals surface area (Å²) in [6.07, 6.45) is 0.862. The lowest BCUT2D eigenvalue weighted by atomic mass is 9.95. The van der Waals surface area contributed by atoms with E-state index in [1.807, 2.05) is 36.4 Å². The number of rotatable bonds is 5. The quantitative estimate of drug-likeness (QED) is 0.711. The summed E-state index contributed by atoms with van der Waals surface area (Å²) in [5.74, 6) is 0.804. The Hall–Kier alpha value is -1.88. The monoisotopic (exact) mass is 343 g/mol. The molecular formula is C19H22ClN3O. The molecule has 24 heavy (non-hydrogen) atoms. The molecule has 1 unspecified atom stereocenters. The first-order chi connectivity index (χ1) is 11.5. The first kappa shape index (κ1) is 17.0. The van der Waals surface area contributed by atoms with Crippen LogP contribution in [0, 0.1) is 0 Å². The lowest BCUT2D eigenvalue weighted by Gasteiger charge is -2.20. The molecule has 126 valence electrons. The molecule has 3 aromatic rings. The molecule has 0 spiro atoms. The average Bonchev–Trinajstić information content (AvgIpc) is 2.56. The third-order valence-corrected chi connectivity index (χ3v) is 4.48.